The molecule has 2 aromatic carbocycles. The Morgan fingerprint density at radius 3 is 2.72 bits per heavy atom. The van der Waals surface area contributed by atoms with Crippen molar-refractivity contribution in [3.63, 3.8) is 0 Å². The molecule has 0 saturated heterocycles. The predicted molar refractivity (Wildman–Crippen MR) is 112 cm³/mol. The van der Waals surface area contributed by atoms with Crippen LogP contribution in [0.5, 0.6) is 0 Å². The van der Waals surface area contributed by atoms with Crippen LogP contribution >= 0.6 is 11.6 Å². The van der Waals surface area contributed by atoms with E-state index in [0.717, 1.165) is 5.56 Å². The summed E-state index contributed by atoms with van der Waals surface area (Å²) in [5, 5.41) is 3.54. The van der Waals surface area contributed by atoms with Gasteiger partial charge in [0.05, 0.1) is 24.0 Å². The van der Waals surface area contributed by atoms with Gasteiger partial charge in [0.1, 0.15) is 5.82 Å². The Balaban J connectivity index is 1.69. The molecule has 1 heterocycles. The molecule has 1 aromatic heterocycles. The zero-order valence-electron chi connectivity index (χ0n) is 16.2. The average Bonchev–Trinajstić information content (AvgIpc) is 2.69. The summed E-state index contributed by atoms with van der Waals surface area (Å²) in [7, 11) is 0. The smallest absolute Gasteiger partial charge is 0.258 e. The second-order valence-electron chi connectivity index (χ2n) is 6.63. The predicted octanol–water partition coefficient (Wildman–Crippen LogP) is 2.66. The van der Waals surface area contributed by atoms with Gasteiger partial charge in [-0.3, -0.25) is 14.4 Å². The molecule has 0 atom stereocenters. The number of hydrogen-bond donors (Lipinski definition) is 2. The highest BCUT2D eigenvalue weighted by Gasteiger charge is 2.16. The summed E-state index contributed by atoms with van der Waals surface area (Å²) in [5.74, 6) is -0.239. The van der Waals surface area contributed by atoms with Gasteiger partial charge in [0.15, 0.2) is 0 Å². The molecule has 0 aliphatic rings. The number of H-pyrrole nitrogens is 1. The Hall–Kier alpha value is -3.19. The fraction of sp³-hybridized carbons (Fsp3) is 0.238. The minimum absolute atomic E-state index is 0.118. The van der Waals surface area contributed by atoms with E-state index in [0.29, 0.717) is 33.9 Å². The summed E-state index contributed by atoms with van der Waals surface area (Å²) in [6.45, 7) is 4.08. The number of likely N-dealkylation sites (N-methyl/N-ethyl adjacent to an activating group) is 1. The van der Waals surface area contributed by atoms with Gasteiger partial charge in [-0.05, 0) is 44.2 Å². The van der Waals surface area contributed by atoms with Crippen molar-refractivity contribution >= 4 is 34.3 Å². The van der Waals surface area contributed by atoms with E-state index in [9.17, 15) is 14.4 Å². The van der Waals surface area contributed by atoms with Crippen LogP contribution in [0.1, 0.15) is 28.7 Å². The number of hydrogen-bond acceptors (Lipinski definition) is 4. The van der Waals surface area contributed by atoms with Crippen LogP contribution in [-0.4, -0.2) is 39.8 Å². The van der Waals surface area contributed by atoms with E-state index in [1.807, 2.05) is 19.9 Å². The zero-order chi connectivity index (χ0) is 21.0. The highest BCUT2D eigenvalue weighted by Crippen LogP contribution is 2.15. The second-order valence-corrected chi connectivity index (χ2v) is 7.07. The summed E-state index contributed by atoms with van der Waals surface area (Å²) in [6.07, 6.45) is 0. The summed E-state index contributed by atoms with van der Waals surface area (Å²) in [4.78, 5) is 45.6. The van der Waals surface area contributed by atoms with Crippen LogP contribution in [0.3, 0.4) is 0 Å². The number of carbonyl (C=O) groups is 2. The third-order valence-electron chi connectivity index (χ3n) is 4.47. The number of halogens is 1. The molecule has 0 spiro atoms. The van der Waals surface area contributed by atoms with Crippen molar-refractivity contribution in [2.45, 2.75) is 20.4 Å². The molecule has 2 N–H and O–H groups in total. The monoisotopic (exact) mass is 412 g/mol. The molecule has 7 nitrogen and oxygen atoms in total. The SMILES string of the molecule is CCN(Cc1nc2cc(Cl)ccc2c(=O)[nH]1)C(=O)CNC(=O)c1cccc(C)c1. The van der Waals surface area contributed by atoms with Crippen LogP contribution in [0.15, 0.2) is 47.3 Å². The molecule has 0 aliphatic carbocycles. The number of fused-ring (bicyclic) bond motifs is 1. The van der Waals surface area contributed by atoms with Gasteiger partial charge in [-0.1, -0.05) is 29.3 Å². The van der Waals surface area contributed by atoms with Crippen molar-refractivity contribution in [2.24, 2.45) is 0 Å². The van der Waals surface area contributed by atoms with Gasteiger partial charge in [-0.25, -0.2) is 4.98 Å². The topological polar surface area (TPSA) is 95.2 Å². The van der Waals surface area contributed by atoms with E-state index in [1.165, 1.54) is 4.90 Å². The average molecular weight is 413 g/mol. The molecule has 0 aliphatic heterocycles. The molecule has 0 radical (unpaired) electrons. The molecule has 3 rings (SSSR count). The minimum Gasteiger partial charge on any atom is -0.343 e. The van der Waals surface area contributed by atoms with Crippen LogP contribution in [0.4, 0.5) is 0 Å². The Labute approximate surface area is 172 Å². The molecule has 3 aromatic rings. The van der Waals surface area contributed by atoms with Crippen molar-refractivity contribution in [3.05, 3.63) is 74.8 Å². The molecule has 0 saturated carbocycles. The largest absolute Gasteiger partial charge is 0.343 e. The molecule has 2 amide bonds. The summed E-state index contributed by atoms with van der Waals surface area (Å²) < 4.78 is 0. The maximum atomic E-state index is 12.6. The van der Waals surface area contributed by atoms with E-state index < -0.39 is 0 Å². The number of nitrogens with zero attached hydrogens (tertiary/aromatic N) is 2. The van der Waals surface area contributed by atoms with Crippen molar-refractivity contribution in [3.8, 4) is 0 Å². The Morgan fingerprint density at radius 2 is 2.00 bits per heavy atom. The first-order valence-corrected chi connectivity index (χ1v) is 9.56. The number of carbonyl (C=O) groups excluding carboxylic acids is 2. The van der Waals surface area contributed by atoms with E-state index >= 15 is 0 Å². The third kappa shape index (κ3) is 5.00. The molecule has 0 fully saturated rings. The van der Waals surface area contributed by atoms with Crippen LogP contribution in [-0.2, 0) is 11.3 Å². The number of amides is 2. The van der Waals surface area contributed by atoms with Crippen LogP contribution in [0.25, 0.3) is 10.9 Å². The lowest BCUT2D eigenvalue weighted by atomic mass is 10.1. The van der Waals surface area contributed by atoms with Gasteiger partial charge < -0.3 is 15.2 Å². The van der Waals surface area contributed by atoms with Crippen LogP contribution in [0.2, 0.25) is 5.02 Å². The summed E-state index contributed by atoms with van der Waals surface area (Å²) in [6, 6.07) is 12.0. The summed E-state index contributed by atoms with van der Waals surface area (Å²) >= 11 is 5.98. The van der Waals surface area contributed by atoms with Gasteiger partial charge in [0.2, 0.25) is 5.91 Å². The maximum absolute atomic E-state index is 12.6. The number of nitrogens with one attached hydrogen (secondary N) is 2. The van der Waals surface area contributed by atoms with Gasteiger partial charge >= 0.3 is 0 Å². The molecular weight excluding hydrogens is 392 g/mol. The Morgan fingerprint density at radius 1 is 1.21 bits per heavy atom. The molecular formula is C21H21ClN4O3. The fourth-order valence-corrected chi connectivity index (χ4v) is 3.12. The normalized spacial score (nSPS) is 10.7. The van der Waals surface area contributed by atoms with Crippen molar-refractivity contribution in [1.82, 2.24) is 20.2 Å². The van der Waals surface area contributed by atoms with Crippen molar-refractivity contribution < 1.29 is 9.59 Å². The molecule has 150 valence electrons. The quantitative estimate of drug-likeness (QED) is 0.650. The second kappa shape index (κ2) is 8.87. The first-order valence-electron chi connectivity index (χ1n) is 9.18. The molecule has 0 unspecified atom stereocenters. The number of rotatable bonds is 6. The number of aromatic amines is 1. The Bertz CT molecular complexity index is 1130. The highest BCUT2D eigenvalue weighted by atomic mass is 35.5. The zero-order valence-corrected chi connectivity index (χ0v) is 16.9. The lowest BCUT2D eigenvalue weighted by Gasteiger charge is -2.20. The number of aromatic nitrogens is 2. The van der Waals surface area contributed by atoms with E-state index in [2.05, 4.69) is 15.3 Å². The van der Waals surface area contributed by atoms with Crippen LogP contribution < -0.4 is 10.9 Å². The van der Waals surface area contributed by atoms with Gasteiger partial charge in [0.25, 0.3) is 11.5 Å². The van der Waals surface area contributed by atoms with Crippen LogP contribution in [0, 0.1) is 6.92 Å². The molecule has 8 heteroatoms. The maximum Gasteiger partial charge on any atom is 0.258 e. The van der Waals surface area contributed by atoms with Crippen molar-refractivity contribution in [1.29, 1.82) is 0 Å². The lowest BCUT2D eigenvalue weighted by molar-refractivity contribution is -0.130. The first kappa shape index (κ1) is 20.5. The molecule has 0 bridgehead atoms. The van der Waals surface area contributed by atoms with Gasteiger partial charge in [0, 0.05) is 17.1 Å². The fourth-order valence-electron chi connectivity index (χ4n) is 2.95. The highest BCUT2D eigenvalue weighted by molar-refractivity contribution is 6.31. The summed E-state index contributed by atoms with van der Waals surface area (Å²) in [5.41, 5.74) is 1.63. The third-order valence-corrected chi connectivity index (χ3v) is 4.71. The van der Waals surface area contributed by atoms with E-state index in [1.54, 1.807) is 36.4 Å². The number of aryl methyl sites for hydroxylation is 1. The van der Waals surface area contributed by atoms with E-state index in [4.69, 9.17) is 11.6 Å². The van der Waals surface area contributed by atoms with Gasteiger partial charge in [-0.2, -0.15) is 0 Å². The van der Waals surface area contributed by atoms with Crippen molar-refractivity contribution in [2.75, 3.05) is 13.1 Å². The molecule has 29 heavy (non-hydrogen) atoms. The minimum atomic E-state index is -0.315. The first-order chi connectivity index (χ1) is 13.9. The standard InChI is InChI=1S/C21H21ClN4O3/c1-3-26(19(27)11-23-20(28)14-6-4-5-13(2)9-14)12-18-24-17-10-15(22)7-8-16(17)21(29)25-18/h4-10H,3,11-12H2,1-2H3,(H,23,28)(H,24,25,29). The number of benzene rings is 2. The van der Waals surface area contributed by atoms with Gasteiger partial charge in [-0.15, -0.1) is 0 Å². The van der Waals surface area contributed by atoms with E-state index in [-0.39, 0.29) is 30.5 Å². The Kier molecular flexibility index (Phi) is 6.29. The lowest BCUT2D eigenvalue weighted by Crippen LogP contribution is -2.40.